The van der Waals surface area contributed by atoms with Crippen molar-refractivity contribution in [1.29, 1.82) is 0 Å². The van der Waals surface area contributed by atoms with Crippen molar-refractivity contribution in [1.82, 2.24) is 0 Å². The second-order valence-electron chi connectivity index (χ2n) is 5.53. The third-order valence-electron chi connectivity index (χ3n) is 3.45. The quantitative estimate of drug-likeness (QED) is 0.879. The van der Waals surface area contributed by atoms with Crippen molar-refractivity contribution in [3.05, 3.63) is 65.2 Å². The second-order valence-corrected chi connectivity index (χ2v) is 5.53. The Bertz CT molecular complexity index is 742. The molecular weight excluding hydrogens is 323 g/mol. The number of primary amides is 1. The highest BCUT2D eigenvalue weighted by Gasteiger charge is 2.33. The summed E-state index contributed by atoms with van der Waals surface area (Å²) < 4.78 is 43.7. The first-order valence-electron chi connectivity index (χ1n) is 7.02. The number of amides is 1. The topological polar surface area (TPSA) is 72.6 Å². The van der Waals surface area contributed by atoms with Crippen molar-refractivity contribution in [2.45, 2.75) is 18.7 Å². The van der Waals surface area contributed by atoms with Crippen LogP contribution in [0.4, 0.5) is 13.2 Å². The lowest BCUT2D eigenvalue weighted by Crippen LogP contribution is -2.30. The molecule has 2 rings (SSSR count). The van der Waals surface area contributed by atoms with E-state index in [1.165, 1.54) is 31.2 Å². The predicted octanol–water partition coefficient (Wildman–Crippen LogP) is 3.09. The molecule has 0 saturated heterocycles. The zero-order chi connectivity index (χ0) is 18.0. The van der Waals surface area contributed by atoms with Crippen molar-refractivity contribution in [3.63, 3.8) is 0 Å². The maximum atomic E-state index is 12.8. The fraction of sp³-hybridized carbons (Fsp3) is 0.235. The Hall–Kier alpha value is -2.54. The molecule has 0 aliphatic heterocycles. The van der Waals surface area contributed by atoms with Gasteiger partial charge >= 0.3 is 6.18 Å². The molecule has 0 bridgehead atoms. The van der Waals surface area contributed by atoms with Gasteiger partial charge in [-0.25, -0.2) is 0 Å². The van der Waals surface area contributed by atoms with E-state index in [2.05, 4.69) is 0 Å². The van der Waals surface area contributed by atoms with Crippen LogP contribution < -0.4 is 10.5 Å². The standard InChI is InChI=1S/C17H16F3NO3/c1-16(23,12-5-3-6-13(9-12)17(18,19)20)10-24-14-7-2-4-11(8-14)15(21)22/h2-9,23H,10H2,1H3,(H2,21,22). The minimum absolute atomic E-state index is 0.0726. The van der Waals surface area contributed by atoms with Crippen LogP contribution in [0.2, 0.25) is 0 Å². The molecule has 0 spiro atoms. The number of rotatable bonds is 5. The molecule has 0 aromatic heterocycles. The number of alkyl halides is 3. The first kappa shape index (κ1) is 17.8. The van der Waals surface area contributed by atoms with E-state index in [1.54, 1.807) is 12.1 Å². The summed E-state index contributed by atoms with van der Waals surface area (Å²) in [6.45, 7) is 1.05. The zero-order valence-corrected chi connectivity index (χ0v) is 12.8. The Balaban J connectivity index is 2.17. The Kier molecular flexibility index (Phi) is 4.84. The molecule has 3 N–H and O–H groups in total. The van der Waals surface area contributed by atoms with E-state index < -0.39 is 23.2 Å². The van der Waals surface area contributed by atoms with Gasteiger partial charge in [-0.05, 0) is 42.8 Å². The van der Waals surface area contributed by atoms with Crippen LogP contribution in [0.5, 0.6) is 5.75 Å². The Morgan fingerprint density at radius 2 is 1.75 bits per heavy atom. The molecular formula is C17H16F3NO3. The summed E-state index contributed by atoms with van der Waals surface area (Å²) >= 11 is 0. The molecule has 1 amide bonds. The predicted molar refractivity (Wildman–Crippen MR) is 81.5 cm³/mol. The smallest absolute Gasteiger partial charge is 0.416 e. The van der Waals surface area contributed by atoms with Crippen LogP contribution in [0.3, 0.4) is 0 Å². The molecule has 2 aromatic carbocycles. The highest BCUT2D eigenvalue weighted by molar-refractivity contribution is 5.93. The lowest BCUT2D eigenvalue weighted by Gasteiger charge is -2.25. The Morgan fingerprint density at radius 1 is 1.12 bits per heavy atom. The SMILES string of the molecule is CC(O)(COc1cccc(C(N)=O)c1)c1cccc(C(F)(F)F)c1. The van der Waals surface area contributed by atoms with Gasteiger partial charge in [-0.3, -0.25) is 4.79 Å². The molecule has 0 radical (unpaired) electrons. The highest BCUT2D eigenvalue weighted by atomic mass is 19.4. The average molecular weight is 339 g/mol. The molecule has 4 nitrogen and oxygen atoms in total. The van der Waals surface area contributed by atoms with E-state index in [0.717, 1.165) is 12.1 Å². The van der Waals surface area contributed by atoms with Crippen molar-refractivity contribution in [3.8, 4) is 5.75 Å². The molecule has 24 heavy (non-hydrogen) atoms. The summed E-state index contributed by atoms with van der Waals surface area (Å²) in [4.78, 5) is 11.1. The number of hydrogen-bond acceptors (Lipinski definition) is 3. The molecule has 128 valence electrons. The first-order chi connectivity index (χ1) is 11.1. The number of ether oxygens (including phenoxy) is 1. The number of hydrogen-bond donors (Lipinski definition) is 2. The normalized spacial score (nSPS) is 14.0. The van der Waals surface area contributed by atoms with Gasteiger partial charge in [0, 0.05) is 5.56 Å². The monoisotopic (exact) mass is 339 g/mol. The summed E-state index contributed by atoms with van der Waals surface area (Å²) in [7, 11) is 0. The van der Waals surface area contributed by atoms with Gasteiger partial charge in [-0.2, -0.15) is 13.2 Å². The summed E-state index contributed by atoms with van der Waals surface area (Å²) in [5.74, 6) is -0.358. The summed E-state index contributed by atoms with van der Waals surface area (Å²) in [5.41, 5.74) is 2.96. The number of aliphatic hydroxyl groups is 1. The van der Waals surface area contributed by atoms with Crippen molar-refractivity contribution < 1.29 is 27.8 Å². The first-order valence-corrected chi connectivity index (χ1v) is 7.02. The van der Waals surface area contributed by atoms with E-state index >= 15 is 0 Å². The van der Waals surface area contributed by atoms with Crippen molar-refractivity contribution in [2.75, 3.05) is 6.61 Å². The maximum Gasteiger partial charge on any atom is 0.416 e. The van der Waals surface area contributed by atoms with Crippen molar-refractivity contribution in [2.24, 2.45) is 5.73 Å². The Morgan fingerprint density at radius 3 is 2.38 bits per heavy atom. The number of nitrogens with two attached hydrogens (primary N) is 1. The third kappa shape index (κ3) is 4.26. The van der Waals surface area contributed by atoms with Gasteiger partial charge in [0.15, 0.2) is 0 Å². The molecule has 0 saturated carbocycles. The van der Waals surface area contributed by atoms with Gasteiger partial charge in [0.2, 0.25) is 5.91 Å². The van der Waals surface area contributed by atoms with Gasteiger partial charge in [0.05, 0.1) is 5.56 Å². The van der Waals surface area contributed by atoms with Crippen LogP contribution in [-0.2, 0) is 11.8 Å². The van der Waals surface area contributed by atoms with E-state index in [0.29, 0.717) is 0 Å². The van der Waals surface area contributed by atoms with E-state index in [9.17, 15) is 23.1 Å². The van der Waals surface area contributed by atoms with Gasteiger partial charge < -0.3 is 15.6 Å². The summed E-state index contributed by atoms with van der Waals surface area (Å²) in [6.07, 6.45) is -4.50. The molecule has 0 heterocycles. The van der Waals surface area contributed by atoms with E-state index in [4.69, 9.17) is 10.5 Å². The number of carbonyl (C=O) groups is 1. The summed E-state index contributed by atoms with van der Waals surface area (Å²) in [6, 6.07) is 10.4. The van der Waals surface area contributed by atoms with Gasteiger partial charge in [0.25, 0.3) is 0 Å². The molecule has 0 aliphatic rings. The number of benzene rings is 2. The molecule has 1 unspecified atom stereocenters. The van der Waals surface area contributed by atoms with Crippen LogP contribution in [0.25, 0.3) is 0 Å². The minimum Gasteiger partial charge on any atom is -0.490 e. The lowest BCUT2D eigenvalue weighted by atomic mass is 9.95. The van der Waals surface area contributed by atoms with Crippen LogP contribution in [-0.4, -0.2) is 17.6 Å². The summed E-state index contributed by atoms with van der Waals surface area (Å²) in [5, 5.41) is 10.4. The second kappa shape index (κ2) is 6.52. The zero-order valence-electron chi connectivity index (χ0n) is 12.8. The Labute approximate surface area is 136 Å². The van der Waals surface area contributed by atoms with E-state index in [-0.39, 0.29) is 23.5 Å². The van der Waals surface area contributed by atoms with Crippen LogP contribution in [0.1, 0.15) is 28.4 Å². The van der Waals surface area contributed by atoms with Crippen LogP contribution in [0.15, 0.2) is 48.5 Å². The maximum absolute atomic E-state index is 12.8. The van der Waals surface area contributed by atoms with Gasteiger partial charge in [-0.1, -0.05) is 18.2 Å². The van der Waals surface area contributed by atoms with Gasteiger partial charge in [-0.15, -0.1) is 0 Å². The van der Waals surface area contributed by atoms with Crippen LogP contribution >= 0.6 is 0 Å². The van der Waals surface area contributed by atoms with Gasteiger partial charge in [0.1, 0.15) is 18.0 Å². The lowest BCUT2D eigenvalue weighted by molar-refractivity contribution is -0.137. The fourth-order valence-corrected chi connectivity index (χ4v) is 2.08. The van der Waals surface area contributed by atoms with E-state index in [1.807, 2.05) is 0 Å². The molecule has 0 aliphatic carbocycles. The molecule has 7 heteroatoms. The molecule has 0 fully saturated rings. The highest BCUT2D eigenvalue weighted by Crippen LogP contribution is 2.32. The molecule has 2 aromatic rings. The largest absolute Gasteiger partial charge is 0.490 e. The number of carbonyl (C=O) groups excluding carboxylic acids is 1. The average Bonchev–Trinajstić information content (AvgIpc) is 2.53. The molecule has 1 atom stereocenters. The minimum atomic E-state index is -4.50. The van der Waals surface area contributed by atoms with Crippen LogP contribution in [0, 0.1) is 0 Å². The van der Waals surface area contributed by atoms with Crippen molar-refractivity contribution >= 4 is 5.91 Å². The number of halogens is 3. The fourth-order valence-electron chi connectivity index (χ4n) is 2.08. The third-order valence-corrected chi connectivity index (χ3v) is 3.45.